The zero-order valence-corrected chi connectivity index (χ0v) is 13.9. The van der Waals surface area contributed by atoms with Gasteiger partial charge in [0.05, 0.1) is 17.6 Å². The molecular formula is C18H11ClF3N3O. The maximum atomic E-state index is 13.4. The molecule has 2 heterocycles. The van der Waals surface area contributed by atoms with Gasteiger partial charge in [-0.05, 0) is 24.3 Å². The summed E-state index contributed by atoms with van der Waals surface area (Å²) in [5.74, 6) is -0.674. The van der Waals surface area contributed by atoms with Crippen LogP contribution in [0.25, 0.3) is 22.3 Å². The Bertz CT molecular complexity index is 1070. The minimum absolute atomic E-state index is 0.129. The fraction of sp³-hybridized carbons (Fsp3) is 0.111. The van der Waals surface area contributed by atoms with E-state index in [0.29, 0.717) is 22.0 Å². The zero-order chi connectivity index (χ0) is 18.3. The van der Waals surface area contributed by atoms with E-state index in [1.165, 1.54) is 0 Å². The standard InChI is InChI=1S/C18H11ClF3N3O/c19-12-7-5-11(6-8-12)15-9-13(26-24-15)10-25-16-4-2-1-3-14(16)23-17(25)18(20,21)22/h1-9H,10H2. The van der Waals surface area contributed by atoms with Crippen molar-refractivity contribution in [2.24, 2.45) is 0 Å². The van der Waals surface area contributed by atoms with E-state index in [0.717, 1.165) is 10.1 Å². The van der Waals surface area contributed by atoms with Crippen LogP contribution in [0.4, 0.5) is 13.2 Å². The van der Waals surface area contributed by atoms with Crippen molar-refractivity contribution in [3.63, 3.8) is 0 Å². The average Bonchev–Trinajstić information content (AvgIpc) is 3.21. The maximum Gasteiger partial charge on any atom is 0.449 e. The van der Waals surface area contributed by atoms with Crippen LogP contribution in [0.5, 0.6) is 0 Å². The first-order chi connectivity index (χ1) is 12.4. The molecule has 4 rings (SSSR count). The number of rotatable bonds is 3. The van der Waals surface area contributed by atoms with Gasteiger partial charge in [-0.25, -0.2) is 4.98 Å². The van der Waals surface area contributed by atoms with Crippen LogP contribution in [0.2, 0.25) is 5.02 Å². The summed E-state index contributed by atoms with van der Waals surface area (Å²) in [6.07, 6.45) is -4.57. The molecule has 8 heteroatoms. The van der Waals surface area contributed by atoms with Crippen molar-refractivity contribution >= 4 is 22.6 Å². The minimum Gasteiger partial charge on any atom is -0.359 e. The molecule has 0 aliphatic heterocycles. The van der Waals surface area contributed by atoms with Crippen LogP contribution in [0.15, 0.2) is 59.1 Å². The molecule has 0 spiro atoms. The first-order valence-electron chi connectivity index (χ1n) is 7.66. The second-order valence-corrected chi connectivity index (χ2v) is 6.13. The molecule has 0 amide bonds. The lowest BCUT2D eigenvalue weighted by Gasteiger charge is -2.09. The highest BCUT2D eigenvalue weighted by Crippen LogP contribution is 2.32. The van der Waals surface area contributed by atoms with E-state index < -0.39 is 12.0 Å². The molecule has 0 atom stereocenters. The third kappa shape index (κ3) is 3.06. The highest BCUT2D eigenvalue weighted by molar-refractivity contribution is 6.30. The van der Waals surface area contributed by atoms with Crippen LogP contribution < -0.4 is 0 Å². The lowest BCUT2D eigenvalue weighted by Crippen LogP contribution is -2.15. The normalized spacial score (nSPS) is 12.0. The summed E-state index contributed by atoms with van der Waals surface area (Å²) < 4.78 is 46.4. The van der Waals surface area contributed by atoms with Gasteiger partial charge in [-0.3, -0.25) is 0 Å². The van der Waals surface area contributed by atoms with Crippen molar-refractivity contribution in [3.05, 3.63) is 71.2 Å². The molecule has 0 fully saturated rings. The molecule has 0 bridgehead atoms. The number of aromatic nitrogens is 3. The smallest absolute Gasteiger partial charge is 0.359 e. The molecule has 0 aliphatic rings. The quantitative estimate of drug-likeness (QED) is 0.479. The number of fused-ring (bicyclic) bond motifs is 1. The molecule has 2 aromatic heterocycles. The average molecular weight is 378 g/mol. The molecular weight excluding hydrogens is 367 g/mol. The number of nitrogens with zero attached hydrogens (tertiary/aromatic N) is 3. The minimum atomic E-state index is -4.57. The van der Waals surface area contributed by atoms with Crippen LogP contribution in [0.1, 0.15) is 11.6 Å². The topological polar surface area (TPSA) is 43.9 Å². The van der Waals surface area contributed by atoms with E-state index in [1.807, 2.05) is 0 Å². The van der Waals surface area contributed by atoms with E-state index >= 15 is 0 Å². The Labute approximate surface area is 150 Å². The number of hydrogen-bond acceptors (Lipinski definition) is 3. The van der Waals surface area contributed by atoms with Gasteiger partial charge in [0.15, 0.2) is 5.76 Å². The number of hydrogen-bond donors (Lipinski definition) is 0. The Balaban J connectivity index is 1.73. The predicted molar refractivity (Wildman–Crippen MR) is 90.8 cm³/mol. The molecule has 26 heavy (non-hydrogen) atoms. The summed E-state index contributed by atoms with van der Waals surface area (Å²) in [4.78, 5) is 3.72. The van der Waals surface area contributed by atoms with Crippen LogP contribution in [-0.4, -0.2) is 14.7 Å². The van der Waals surface area contributed by atoms with Gasteiger partial charge in [-0.2, -0.15) is 13.2 Å². The number of halogens is 4. The highest BCUT2D eigenvalue weighted by Gasteiger charge is 2.37. The Morgan fingerprint density at radius 2 is 1.77 bits per heavy atom. The Hall–Kier alpha value is -2.80. The second-order valence-electron chi connectivity index (χ2n) is 5.69. The van der Waals surface area contributed by atoms with Gasteiger partial charge in [-0.1, -0.05) is 41.0 Å². The Kier molecular flexibility index (Phi) is 3.96. The molecule has 0 N–H and O–H groups in total. The lowest BCUT2D eigenvalue weighted by atomic mass is 10.1. The van der Waals surface area contributed by atoms with E-state index in [1.54, 1.807) is 54.6 Å². The number of benzene rings is 2. The van der Waals surface area contributed by atoms with Crippen molar-refractivity contribution in [1.82, 2.24) is 14.7 Å². The van der Waals surface area contributed by atoms with Crippen LogP contribution in [-0.2, 0) is 12.7 Å². The van der Waals surface area contributed by atoms with Gasteiger partial charge in [0.2, 0.25) is 5.82 Å². The van der Waals surface area contributed by atoms with Gasteiger partial charge in [0, 0.05) is 16.7 Å². The zero-order valence-electron chi connectivity index (χ0n) is 13.2. The number of imidazole rings is 1. The van der Waals surface area contributed by atoms with Gasteiger partial charge in [-0.15, -0.1) is 0 Å². The van der Waals surface area contributed by atoms with E-state index in [9.17, 15) is 13.2 Å². The first-order valence-corrected chi connectivity index (χ1v) is 8.03. The highest BCUT2D eigenvalue weighted by atomic mass is 35.5. The first kappa shape index (κ1) is 16.7. The van der Waals surface area contributed by atoms with Crippen molar-refractivity contribution in [2.45, 2.75) is 12.7 Å². The largest absolute Gasteiger partial charge is 0.449 e. The van der Waals surface area contributed by atoms with E-state index in [2.05, 4.69) is 10.1 Å². The summed E-state index contributed by atoms with van der Waals surface area (Å²) in [6.45, 7) is -0.129. The Morgan fingerprint density at radius 3 is 2.50 bits per heavy atom. The molecule has 4 nitrogen and oxygen atoms in total. The third-order valence-electron chi connectivity index (χ3n) is 3.92. The fourth-order valence-electron chi connectivity index (χ4n) is 2.75. The van der Waals surface area contributed by atoms with Crippen molar-refractivity contribution < 1.29 is 17.7 Å². The van der Waals surface area contributed by atoms with Gasteiger partial charge >= 0.3 is 6.18 Å². The van der Waals surface area contributed by atoms with Crippen molar-refractivity contribution in [2.75, 3.05) is 0 Å². The van der Waals surface area contributed by atoms with Crippen LogP contribution >= 0.6 is 11.6 Å². The molecule has 0 saturated heterocycles. The van der Waals surface area contributed by atoms with Gasteiger partial charge < -0.3 is 9.09 Å². The number of para-hydroxylation sites is 2. The summed E-state index contributed by atoms with van der Waals surface area (Å²) in [5, 5.41) is 4.52. The molecule has 0 aliphatic carbocycles. The number of alkyl halides is 3. The summed E-state index contributed by atoms with van der Waals surface area (Å²) in [5.41, 5.74) is 1.94. The van der Waals surface area contributed by atoms with E-state index in [-0.39, 0.29) is 12.1 Å². The van der Waals surface area contributed by atoms with Crippen LogP contribution in [0.3, 0.4) is 0 Å². The van der Waals surface area contributed by atoms with Crippen LogP contribution in [0, 0.1) is 0 Å². The van der Waals surface area contributed by atoms with Gasteiger partial charge in [0.1, 0.15) is 5.69 Å². The summed E-state index contributed by atoms with van der Waals surface area (Å²) in [7, 11) is 0. The third-order valence-corrected chi connectivity index (χ3v) is 4.17. The van der Waals surface area contributed by atoms with Gasteiger partial charge in [0.25, 0.3) is 0 Å². The molecule has 4 aromatic rings. The molecule has 2 aromatic carbocycles. The molecule has 0 unspecified atom stereocenters. The molecule has 132 valence electrons. The SMILES string of the molecule is FC(F)(F)c1nc2ccccc2n1Cc1cc(-c2ccc(Cl)cc2)no1. The monoisotopic (exact) mass is 377 g/mol. The summed E-state index contributed by atoms with van der Waals surface area (Å²) >= 11 is 5.85. The van der Waals surface area contributed by atoms with Crippen molar-refractivity contribution in [1.29, 1.82) is 0 Å². The lowest BCUT2D eigenvalue weighted by molar-refractivity contribution is -0.146. The predicted octanol–water partition coefficient (Wildman–Crippen LogP) is 5.41. The summed E-state index contributed by atoms with van der Waals surface area (Å²) in [6, 6.07) is 15.0. The fourth-order valence-corrected chi connectivity index (χ4v) is 2.88. The Morgan fingerprint density at radius 1 is 1.04 bits per heavy atom. The second kappa shape index (κ2) is 6.17. The molecule has 0 radical (unpaired) electrons. The molecule has 0 saturated carbocycles. The maximum absolute atomic E-state index is 13.4. The van der Waals surface area contributed by atoms with Crippen molar-refractivity contribution in [3.8, 4) is 11.3 Å². The van der Waals surface area contributed by atoms with E-state index in [4.69, 9.17) is 16.1 Å².